The first-order valence-electron chi connectivity index (χ1n) is 12.5. The Morgan fingerprint density at radius 3 is 2.76 bits per heavy atom. The number of halogens is 3. The quantitative estimate of drug-likeness (QED) is 0.445. The summed E-state index contributed by atoms with van der Waals surface area (Å²) in [7, 11) is 0. The van der Waals surface area contributed by atoms with E-state index in [4.69, 9.17) is 14.0 Å². The number of imidazole rings is 1. The lowest BCUT2D eigenvalue weighted by Gasteiger charge is -2.26. The molecule has 2 aliphatic rings. The lowest BCUT2D eigenvalue weighted by atomic mass is 10.1. The SMILES string of the molecule is CC(OC1CCCCO1)c1nccn1Cc1cc(-c2ccc(C#CC3(NC(=O)C(F)(F)F)CC3)cc2)on1. The molecule has 5 rings (SSSR count). The van der Waals surface area contributed by atoms with Crippen LogP contribution in [0.3, 0.4) is 0 Å². The van der Waals surface area contributed by atoms with E-state index >= 15 is 0 Å². The Morgan fingerprint density at radius 2 is 2.08 bits per heavy atom. The minimum atomic E-state index is -4.93. The predicted molar refractivity (Wildman–Crippen MR) is 129 cm³/mol. The smallest absolute Gasteiger partial charge is 0.356 e. The zero-order valence-corrected chi connectivity index (χ0v) is 20.8. The van der Waals surface area contributed by atoms with Gasteiger partial charge in [-0.15, -0.1) is 0 Å². The summed E-state index contributed by atoms with van der Waals surface area (Å²) in [6.07, 6.45) is 1.98. The topological polar surface area (TPSA) is 91.4 Å². The average molecular weight is 529 g/mol. The van der Waals surface area contributed by atoms with Crippen molar-refractivity contribution >= 4 is 5.91 Å². The summed E-state index contributed by atoms with van der Waals surface area (Å²) < 4.78 is 56.8. The molecule has 0 spiro atoms. The van der Waals surface area contributed by atoms with Crippen LogP contribution >= 0.6 is 0 Å². The Bertz CT molecular complexity index is 1330. The van der Waals surface area contributed by atoms with Gasteiger partial charge in [0.25, 0.3) is 0 Å². The van der Waals surface area contributed by atoms with Gasteiger partial charge in [0.15, 0.2) is 12.1 Å². The first-order valence-corrected chi connectivity index (χ1v) is 12.5. The third kappa shape index (κ3) is 6.26. The average Bonchev–Trinajstić information content (AvgIpc) is 3.26. The molecule has 11 heteroatoms. The molecule has 3 aromatic rings. The third-order valence-electron chi connectivity index (χ3n) is 6.47. The molecule has 2 unspecified atom stereocenters. The van der Waals surface area contributed by atoms with E-state index in [-0.39, 0.29) is 12.4 Å². The highest BCUT2D eigenvalue weighted by atomic mass is 19.4. The molecule has 1 saturated carbocycles. The summed E-state index contributed by atoms with van der Waals surface area (Å²) in [4.78, 5) is 15.7. The van der Waals surface area contributed by atoms with Gasteiger partial charge in [-0.3, -0.25) is 4.79 Å². The maximum absolute atomic E-state index is 12.5. The molecule has 1 aromatic carbocycles. The van der Waals surface area contributed by atoms with Gasteiger partial charge in [-0.25, -0.2) is 4.98 Å². The maximum atomic E-state index is 12.5. The van der Waals surface area contributed by atoms with E-state index < -0.39 is 17.6 Å². The number of nitrogens with one attached hydrogen (secondary N) is 1. The summed E-state index contributed by atoms with van der Waals surface area (Å²) in [6, 6.07) is 8.92. The van der Waals surface area contributed by atoms with Crippen molar-refractivity contribution < 1.29 is 32.0 Å². The Kier molecular flexibility index (Phi) is 7.27. The van der Waals surface area contributed by atoms with Crippen LogP contribution in [0.4, 0.5) is 13.2 Å². The molecule has 2 atom stereocenters. The molecule has 2 aromatic heterocycles. The van der Waals surface area contributed by atoms with Crippen LogP contribution in [-0.2, 0) is 20.8 Å². The van der Waals surface area contributed by atoms with Crippen molar-refractivity contribution in [1.82, 2.24) is 20.0 Å². The largest absolute Gasteiger partial charge is 0.471 e. The van der Waals surface area contributed by atoms with Crippen LogP contribution in [0.5, 0.6) is 0 Å². The van der Waals surface area contributed by atoms with Gasteiger partial charge in [-0.1, -0.05) is 17.0 Å². The van der Waals surface area contributed by atoms with Crippen LogP contribution in [-0.4, -0.2) is 45.2 Å². The van der Waals surface area contributed by atoms with Crippen molar-refractivity contribution in [3.05, 3.63) is 59.8 Å². The van der Waals surface area contributed by atoms with Crippen molar-refractivity contribution in [2.24, 2.45) is 0 Å². The maximum Gasteiger partial charge on any atom is 0.471 e. The molecule has 3 heterocycles. The molecule has 38 heavy (non-hydrogen) atoms. The highest BCUT2D eigenvalue weighted by Gasteiger charge is 2.49. The summed E-state index contributed by atoms with van der Waals surface area (Å²) in [5.41, 5.74) is 0.988. The predicted octanol–water partition coefficient (Wildman–Crippen LogP) is 4.75. The molecular formula is C27H27F3N4O4. The van der Waals surface area contributed by atoms with Gasteiger partial charge in [-0.2, -0.15) is 13.2 Å². The number of nitrogens with zero attached hydrogens (tertiary/aromatic N) is 3. The summed E-state index contributed by atoms with van der Waals surface area (Å²) in [6.45, 7) is 3.11. The number of hydrogen-bond donors (Lipinski definition) is 1. The number of hydrogen-bond acceptors (Lipinski definition) is 6. The van der Waals surface area contributed by atoms with Crippen LogP contribution in [0.2, 0.25) is 0 Å². The van der Waals surface area contributed by atoms with Gasteiger partial charge in [0.2, 0.25) is 0 Å². The number of ether oxygens (including phenoxy) is 2. The van der Waals surface area contributed by atoms with Gasteiger partial charge in [0, 0.05) is 36.2 Å². The highest BCUT2D eigenvalue weighted by Crippen LogP contribution is 2.36. The molecule has 1 aliphatic carbocycles. The van der Waals surface area contributed by atoms with E-state index in [1.807, 2.05) is 29.1 Å². The van der Waals surface area contributed by atoms with Crippen LogP contribution in [0.1, 0.15) is 62.2 Å². The van der Waals surface area contributed by atoms with Crippen molar-refractivity contribution in [3.8, 4) is 23.2 Å². The normalized spacial score (nSPS) is 19.3. The summed E-state index contributed by atoms with van der Waals surface area (Å²) in [5.74, 6) is 5.00. The van der Waals surface area contributed by atoms with E-state index in [2.05, 4.69) is 22.0 Å². The second-order valence-electron chi connectivity index (χ2n) is 9.53. The minimum Gasteiger partial charge on any atom is -0.356 e. The van der Waals surface area contributed by atoms with Gasteiger partial charge in [0.05, 0.1) is 6.54 Å². The lowest BCUT2D eigenvalue weighted by molar-refractivity contribution is -0.188. The Labute approximate surface area is 217 Å². The molecule has 8 nitrogen and oxygen atoms in total. The molecule has 1 saturated heterocycles. The zero-order chi connectivity index (χ0) is 26.8. The van der Waals surface area contributed by atoms with Crippen LogP contribution < -0.4 is 5.32 Å². The molecule has 0 bridgehead atoms. The number of alkyl halides is 3. The van der Waals surface area contributed by atoms with Gasteiger partial charge >= 0.3 is 12.1 Å². The lowest BCUT2D eigenvalue weighted by Crippen LogP contribution is -2.44. The van der Waals surface area contributed by atoms with Gasteiger partial charge < -0.3 is 23.9 Å². The van der Waals surface area contributed by atoms with Gasteiger partial charge in [-0.05, 0) is 63.3 Å². The van der Waals surface area contributed by atoms with Gasteiger partial charge in [0.1, 0.15) is 23.2 Å². The number of amides is 1. The van der Waals surface area contributed by atoms with E-state index in [0.717, 1.165) is 30.7 Å². The molecule has 1 N–H and O–H groups in total. The Balaban J connectivity index is 1.20. The number of carbonyl (C=O) groups excluding carboxylic acids is 1. The number of benzene rings is 1. The molecule has 1 aliphatic heterocycles. The highest BCUT2D eigenvalue weighted by molar-refractivity contribution is 5.83. The van der Waals surface area contributed by atoms with Crippen molar-refractivity contribution in [2.45, 2.75) is 69.7 Å². The molecule has 2 fully saturated rings. The van der Waals surface area contributed by atoms with E-state index in [9.17, 15) is 18.0 Å². The fraction of sp³-hybridized carbons (Fsp3) is 0.444. The summed E-state index contributed by atoms with van der Waals surface area (Å²) in [5, 5.41) is 6.17. The first kappa shape index (κ1) is 26.0. The molecular weight excluding hydrogens is 501 g/mol. The monoisotopic (exact) mass is 528 g/mol. The first-order chi connectivity index (χ1) is 18.2. The van der Waals surface area contributed by atoms with Crippen molar-refractivity contribution in [3.63, 3.8) is 0 Å². The Hall–Kier alpha value is -3.62. The fourth-order valence-corrected chi connectivity index (χ4v) is 4.22. The van der Waals surface area contributed by atoms with Crippen molar-refractivity contribution in [2.75, 3.05) is 6.61 Å². The fourth-order valence-electron chi connectivity index (χ4n) is 4.22. The minimum absolute atomic E-state index is 0.219. The molecule has 0 radical (unpaired) electrons. The third-order valence-corrected chi connectivity index (χ3v) is 6.47. The zero-order valence-electron chi connectivity index (χ0n) is 20.8. The molecule has 200 valence electrons. The van der Waals surface area contributed by atoms with E-state index in [0.29, 0.717) is 43.0 Å². The van der Waals surface area contributed by atoms with Crippen LogP contribution in [0.25, 0.3) is 11.3 Å². The number of carbonyl (C=O) groups is 1. The molecule has 1 amide bonds. The summed E-state index contributed by atoms with van der Waals surface area (Å²) >= 11 is 0. The number of rotatable bonds is 7. The van der Waals surface area contributed by atoms with Crippen LogP contribution in [0.15, 0.2) is 47.2 Å². The standard InChI is InChI=1S/C27H27F3N4O4/c1-18(37-23-4-2-3-15-36-23)24-31-13-14-34(24)17-21-16-22(38-33-21)20-7-5-19(6-8-20)9-10-26(11-12-26)32-25(35)27(28,29)30/h5-8,13-14,16,18,23H,2-4,11-12,15,17H2,1H3,(H,32,35). The number of aromatic nitrogens is 3. The van der Waals surface area contributed by atoms with E-state index in [1.165, 1.54) is 0 Å². The van der Waals surface area contributed by atoms with Crippen molar-refractivity contribution in [1.29, 1.82) is 0 Å². The van der Waals surface area contributed by atoms with Crippen LogP contribution in [0, 0.1) is 11.8 Å². The second kappa shape index (κ2) is 10.6. The van der Waals surface area contributed by atoms with E-state index in [1.54, 1.807) is 30.5 Å². The second-order valence-corrected chi connectivity index (χ2v) is 9.53. The Morgan fingerprint density at radius 1 is 1.29 bits per heavy atom.